The summed E-state index contributed by atoms with van der Waals surface area (Å²) in [7, 11) is 3.32. The molecule has 3 heteroatoms. The molecule has 1 aliphatic carbocycles. The molecule has 0 bridgehead atoms. The molecule has 1 N–H and O–H groups in total. The van der Waals surface area contributed by atoms with Crippen molar-refractivity contribution in [1.29, 1.82) is 0 Å². The summed E-state index contributed by atoms with van der Waals surface area (Å²) in [6.07, 6.45) is 2.07. The molecule has 0 radical (unpaired) electrons. The predicted octanol–water partition coefficient (Wildman–Crippen LogP) is 2.04. The first-order chi connectivity index (χ1) is 7.68. The Kier molecular flexibility index (Phi) is 2.80. The lowest BCUT2D eigenvalue weighted by molar-refractivity contribution is 0.251. The SMILES string of the molecule is COc1ccc(C2(CO)CC2)c(OC)c1C. The number of aliphatic hydroxyl groups is 1. The minimum atomic E-state index is -0.0671. The van der Waals surface area contributed by atoms with E-state index in [-0.39, 0.29) is 12.0 Å². The number of rotatable bonds is 4. The molecule has 0 heterocycles. The third kappa shape index (κ3) is 1.55. The van der Waals surface area contributed by atoms with Crippen molar-refractivity contribution in [3.8, 4) is 11.5 Å². The Morgan fingerprint density at radius 1 is 1.25 bits per heavy atom. The minimum absolute atomic E-state index is 0.0671. The van der Waals surface area contributed by atoms with Crippen LogP contribution in [0.15, 0.2) is 12.1 Å². The first kappa shape index (κ1) is 11.3. The normalized spacial score (nSPS) is 17.0. The van der Waals surface area contributed by atoms with E-state index in [4.69, 9.17) is 9.47 Å². The maximum Gasteiger partial charge on any atom is 0.129 e. The lowest BCUT2D eigenvalue weighted by Crippen LogP contribution is -2.14. The molecule has 1 saturated carbocycles. The summed E-state index contributed by atoms with van der Waals surface area (Å²) in [5, 5.41) is 9.46. The van der Waals surface area contributed by atoms with E-state index in [1.165, 1.54) is 0 Å². The maximum atomic E-state index is 9.46. The molecule has 1 aromatic carbocycles. The summed E-state index contributed by atoms with van der Waals surface area (Å²) in [6.45, 7) is 2.17. The average molecular weight is 222 g/mol. The Morgan fingerprint density at radius 3 is 2.38 bits per heavy atom. The molecule has 1 aliphatic rings. The maximum absolute atomic E-state index is 9.46. The van der Waals surface area contributed by atoms with Crippen molar-refractivity contribution in [2.24, 2.45) is 0 Å². The van der Waals surface area contributed by atoms with Crippen molar-refractivity contribution in [2.75, 3.05) is 20.8 Å². The molecule has 0 aromatic heterocycles. The summed E-state index contributed by atoms with van der Waals surface area (Å²) < 4.78 is 10.7. The van der Waals surface area contributed by atoms with Crippen LogP contribution in [-0.2, 0) is 5.41 Å². The van der Waals surface area contributed by atoms with E-state index >= 15 is 0 Å². The van der Waals surface area contributed by atoms with Gasteiger partial charge < -0.3 is 14.6 Å². The summed E-state index contributed by atoms with van der Waals surface area (Å²) in [5.41, 5.74) is 2.04. The van der Waals surface area contributed by atoms with Crippen molar-refractivity contribution in [1.82, 2.24) is 0 Å². The fraction of sp³-hybridized carbons (Fsp3) is 0.538. The standard InChI is InChI=1S/C13H18O3/c1-9-11(15-2)5-4-10(12(9)16-3)13(8-14)6-7-13/h4-5,14H,6-8H2,1-3H3. The molecule has 0 atom stereocenters. The number of hydrogen-bond acceptors (Lipinski definition) is 3. The lowest BCUT2D eigenvalue weighted by atomic mass is 9.93. The second-order valence-corrected chi connectivity index (χ2v) is 4.41. The number of aliphatic hydroxyl groups excluding tert-OH is 1. The quantitative estimate of drug-likeness (QED) is 0.847. The van der Waals surface area contributed by atoms with Gasteiger partial charge in [-0.25, -0.2) is 0 Å². The Bertz CT molecular complexity index is 394. The zero-order valence-corrected chi connectivity index (χ0v) is 10.0. The van der Waals surface area contributed by atoms with Crippen molar-refractivity contribution >= 4 is 0 Å². The van der Waals surface area contributed by atoms with Crippen molar-refractivity contribution in [3.63, 3.8) is 0 Å². The molecule has 2 rings (SSSR count). The lowest BCUT2D eigenvalue weighted by Gasteiger charge is -2.19. The molecule has 0 spiro atoms. The van der Waals surface area contributed by atoms with Gasteiger partial charge in [-0.05, 0) is 25.8 Å². The highest BCUT2D eigenvalue weighted by molar-refractivity contribution is 5.54. The third-order valence-electron chi connectivity index (χ3n) is 3.51. The zero-order chi connectivity index (χ0) is 11.8. The second-order valence-electron chi connectivity index (χ2n) is 4.41. The molecule has 1 aromatic rings. The number of hydrogen-bond donors (Lipinski definition) is 1. The Morgan fingerprint density at radius 2 is 1.94 bits per heavy atom. The molecular weight excluding hydrogens is 204 g/mol. The van der Waals surface area contributed by atoms with Crippen LogP contribution in [0.1, 0.15) is 24.0 Å². The zero-order valence-electron chi connectivity index (χ0n) is 10.0. The van der Waals surface area contributed by atoms with Crippen LogP contribution in [0.2, 0.25) is 0 Å². The van der Waals surface area contributed by atoms with Crippen molar-refractivity contribution < 1.29 is 14.6 Å². The Labute approximate surface area is 96.0 Å². The molecule has 0 unspecified atom stereocenters. The fourth-order valence-electron chi connectivity index (χ4n) is 2.24. The van der Waals surface area contributed by atoms with E-state index < -0.39 is 0 Å². The van der Waals surface area contributed by atoms with Crippen LogP contribution in [0.4, 0.5) is 0 Å². The van der Waals surface area contributed by atoms with Crippen LogP contribution in [0.5, 0.6) is 11.5 Å². The predicted molar refractivity (Wildman–Crippen MR) is 62.3 cm³/mol. The van der Waals surface area contributed by atoms with Crippen LogP contribution in [0.25, 0.3) is 0 Å². The van der Waals surface area contributed by atoms with Crippen LogP contribution >= 0.6 is 0 Å². The fourth-order valence-corrected chi connectivity index (χ4v) is 2.24. The summed E-state index contributed by atoms with van der Waals surface area (Å²) in [6, 6.07) is 3.96. The van der Waals surface area contributed by atoms with Gasteiger partial charge in [-0.15, -0.1) is 0 Å². The average Bonchev–Trinajstić information content (AvgIpc) is 3.09. The van der Waals surface area contributed by atoms with Crippen LogP contribution < -0.4 is 9.47 Å². The topological polar surface area (TPSA) is 38.7 Å². The molecule has 1 fully saturated rings. The van der Waals surface area contributed by atoms with Gasteiger partial charge in [-0.2, -0.15) is 0 Å². The molecule has 16 heavy (non-hydrogen) atoms. The van der Waals surface area contributed by atoms with Crippen molar-refractivity contribution in [3.05, 3.63) is 23.3 Å². The smallest absolute Gasteiger partial charge is 0.129 e. The van der Waals surface area contributed by atoms with E-state index in [9.17, 15) is 5.11 Å². The summed E-state index contributed by atoms with van der Waals surface area (Å²) in [5.74, 6) is 1.68. The third-order valence-corrected chi connectivity index (χ3v) is 3.51. The summed E-state index contributed by atoms with van der Waals surface area (Å²) in [4.78, 5) is 0. The van der Waals surface area contributed by atoms with Gasteiger partial charge in [0.05, 0.1) is 20.8 Å². The largest absolute Gasteiger partial charge is 0.496 e. The van der Waals surface area contributed by atoms with Gasteiger partial charge in [0, 0.05) is 16.5 Å². The van der Waals surface area contributed by atoms with Gasteiger partial charge in [0.25, 0.3) is 0 Å². The van der Waals surface area contributed by atoms with E-state index in [0.717, 1.165) is 35.5 Å². The van der Waals surface area contributed by atoms with Gasteiger partial charge in [-0.3, -0.25) is 0 Å². The van der Waals surface area contributed by atoms with Gasteiger partial charge >= 0.3 is 0 Å². The second kappa shape index (κ2) is 3.98. The highest BCUT2D eigenvalue weighted by Crippen LogP contribution is 2.52. The van der Waals surface area contributed by atoms with Crippen LogP contribution in [-0.4, -0.2) is 25.9 Å². The van der Waals surface area contributed by atoms with Crippen LogP contribution in [0.3, 0.4) is 0 Å². The molecule has 88 valence electrons. The van der Waals surface area contributed by atoms with Gasteiger partial charge in [0.15, 0.2) is 0 Å². The number of benzene rings is 1. The molecule has 0 aliphatic heterocycles. The van der Waals surface area contributed by atoms with E-state index in [0.29, 0.717) is 0 Å². The van der Waals surface area contributed by atoms with Gasteiger partial charge in [0.1, 0.15) is 11.5 Å². The first-order valence-electron chi connectivity index (χ1n) is 5.51. The van der Waals surface area contributed by atoms with Crippen molar-refractivity contribution in [2.45, 2.75) is 25.2 Å². The van der Waals surface area contributed by atoms with Crippen LogP contribution in [0, 0.1) is 6.92 Å². The number of methoxy groups -OCH3 is 2. The monoisotopic (exact) mass is 222 g/mol. The van der Waals surface area contributed by atoms with E-state index in [2.05, 4.69) is 0 Å². The number of ether oxygens (including phenoxy) is 2. The van der Waals surface area contributed by atoms with E-state index in [1.54, 1.807) is 14.2 Å². The highest BCUT2D eigenvalue weighted by Gasteiger charge is 2.46. The molecule has 0 amide bonds. The van der Waals surface area contributed by atoms with E-state index in [1.807, 2.05) is 19.1 Å². The van der Waals surface area contributed by atoms with Gasteiger partial charge in [0.2, 0.25) is 0 Å². The summed E-state index contributed by atoms with van der Waals surface area (Å²) >= 11 is 0. The molecular formula is C13H18O3. The molecule has 3 nitrogen and oxygen atoms in total. The Hall–Kier alpha value is -1.22. The van der Waals surface area contributed by atoms with Gasteiger partial charge in [-0.1, -0.05) is 6.07 Å². The Balaban J connectivity index is 2.50. The molecule has 0 saturated heterocycles. The highest BCUT2D eigenvalue weighted by atomic mass is 16.5. The minimum Gasteiger partial charge on any atom is -0.496 e. The first-order valence-corrected chi connectivity index (χ1v) is 5.51.